The average molecular weight is 913 g/mol. The average Bonchev–Trinajstić information content (AvgIpc) is 3.90. The second kappa shape index (κ2) is 17.0. The fourth-order valence-electron chi connectivity index (χ4n) is 10.4. The molecule has 0 bridgehead atoms. The van der Waals surface area contributed by atoms with Gasteiger partial charge in [0.2, 0.25) is 0 Å². The standard InChI is InChI=1S/C66H45FN4/c1-40-5-14-46(15-6-40)50-22-27-60-55(34-50)56-35-51(47-16-7-41(2)8-17-47)23-28-61(56)70(60)64-32-45(39-69)33-65(66(64)54-26-13-44(38-68)31-59(54)67)71-62-29-24-52(48-18-9-42(3)10-19-48)36-57(62)58-37-53(25-30-63(58)71)49-20-11-43(4)12-21-49/h5-37H,1-4H3. The van der Waals surface area contributed by atoms with E-state index >= 15 is 4.39 Å². The molecule has 0 saturated heterocycles. The van der Waals surface area contributed by atoms with Crippen molar-refractivity contribution >= 4 is 43.6 Å². The Hall–Kier alpha value is -9.29. The Balaban J connectivity index is 1.20. The van der Waals surface area contributed by atoms with Gasteiger partial charge >= 0.3 is 0 Å². The smallest absolute Gasteiger partial charge is 0.132 e. The van der Waals surface area contributed by atoms with E-state index in [-0.39, 0.29) is 5.56 Å². The second-order valence-electron chi connectivity index (χ2n) is 18.9. The first-order valence-corrected chi connectivity index (χ1v) is 23.9. The normalized spacial score (nSPS) is 11.4. The Morgan fingerprint density at radius 3 is 0.901 bits per heavy atom. The highest BCUT2D eigenvalue weighted by Gasteiger charge is 2.26. The van der Waals surface area contributed by atoms with Crippen molar-refractivity contribution in [1.82, 2.24) is 9.13 Å². The third-order valence-electron chi connectivity index (χ3n) is 14.1. The van der Waals surface area contributed by atoms with E-state index in [1.54, 1.807) is 12.1 Å². The predicted molar refractivity (Wildman–Crippen MR) is 291 cm³/mol. The molecule has 0 aliphatic carbocycles. The van der Waals surface area contributed by atoms with E-state index in [0.717, 1.165) is 88.1 Å². The van der Waals surface area contributed by atoms with Gasteiger partial charge < -0.3 is 9.13 Å². The first-order chi connectivity index (χ1) is 34.6. The SMILES string of the molecule is Cc1ccc(-c2ccc3c(c2)c2cc(-c4ccc(C)cc4)ccc2n3-c2cc(C#N)cc(-n3c4ccc(-c5ccc(C)cc5)cc4c4cc(-c5ccc(C)cc5)ccc43)c2-c2ccc(C#N)cc2F)cc1. The first-order valence-electron chi connectivity index (χ1n) is 23.9. The van der Waals surface area contributed by atoms with Crippen molar-refractivity contribution in [3.63, 3.8) is 0 Å². The molecule has 0 unspecified atom stereocenters. The number of benzene rings is 10. The van der Waals surface area contributed by atoms with Gasteiger partial charge in [-0.3, -0.25) is 0 Å². The van der Waals surface area contributed by atoms with Crippen LogP contribution in [0.3, 0.4) is 0 Å². The van der Waals surface area contributed by atoms with Crippen LogP contribution in [0.4, 0.5) is 4.39 Å². The van der Waals surface area contributed by atoms with Crippen LogP contribution in [0.25, 0.3) is 111 Å². The molecular weight excluding hydrogens is 868 g/mol. The van der Waals surface area contributed by atoms with Crippen molar-refractivity contribution in [3.05, 3.63) is 239 Å². The predicted octanol–water partition coefficient (Wildman–Crippen LogP) is 17.3. The molecular formula is C66H45FN4. The summed E-state index contributed by atoms with van der Waals surface area (Å²) in [6.45, 7) is 8.37. The third kappa shape index (κ3) is 7.44. The van der Waals surface area contributed by atoms with Gasteiger partial charge in [0.05, 0.1) is 56.7 Å². The van der Waals surface area contributed by atoms with E-state index in [9.17, 15) is 10.5 Å². The minimum Gasteiger partial charge on any atom is -0.308 e. The fraction of sp³-hybridized carbons (Fsp3) is 0.0606. The Morgan fingerprint density at radius 1 is 0.324 bits per heavy atom. The van der Waals surface area contributed by atoms with Gasteiger partial charge in [-0.2, -0.15) is 10.5 Å². The molecule has 0 spiro atoms. The van der Waals surface area contributed by atoms with Gasteiger partial charge in [-0.1, -0.05) is 144 Å². The molecule has 0 atom stereocenters. The van der Waals surface area contributed by atoms with Crippen LogP contribution in [0.15, 0.2) is 200 Å². The van der Waals surface area contributed by atoms with Gasteiger partial charge in [-0.25, -0.2) is 4.39 Å². The van der Waals surface area contributed by atoms with E-state index in [4.69, 9.17) is 0 Å². The Bertz CT molecular complexity index is 3760. The number of nitrogens with zero attached hydrogens (tertiary/aromatic N) is 4. The maximum Gasteiger partial charge on any atom is 0.132 e. The first kappa shape index (κ1) is 43.0. The quantitative estimate of drug-likeness (QED) is 0.160. The van der Waals surface area contributed by atoms with Crippen molar-refractivity contribution in [2.24, 2.45) is 0 Å². The van der Waals surface area contributed by atoms with E-state index < -0.39 is 5.82 Å². The number of halogens is 1. The molecule has 0 N–H and O–H groups in total. The summed E-state index contributed by atoms with van der Waals surface area (Å²) in [5.41, 5.74) is 19.8. The summed E-state index contributed by atoms with van der Waals surface area (Å²) in [7, 11) is 0. The largest absolute Gasteiger partial charge is 0.308 e. The summed E-state index contributed by atoms with van der Waals surface area (Å²) < 4.78 is 21.6. The summed E-state index contributed by atoms with van der Waals surface area (Å²) in [5, 5.41) is 25.1. The molecule has 2 heterocycles. The molecule has 2 aromatic heterocycles. The monoisotopic (exact) mass is 912 g/mol. The third-order valence-corrected chi connectivity index (χ3v) is 14.1. The lowest BCUT2D eigenvalue weighted by Gasteiger charge is -2.21. The summed E-state index contributed by atoms with van der Waals surface area (Å²) in [4.78, 5) is 0. The number of aromatic nitrogens is 2. The maximum absolute atomic E-state index is 17.2. The molecule has 10 aromatic carbocycles. The zero-order valence-electron chi connectivity index (χ0n) is 39.7. The highest BCUT2D eigenvalue weighted by molar-refractivity contribution is 6.14. The number of fused-ring (bicyclic) bond motifs is 6. The molecule has 71 heavy (non-hydrogen) atoms. The number of aryl methyl sites for hydroxylation is 4. The van der Waals surface area contributed by atoms with Gasteiger partial charge in [0.15, 0.2) is 0 Å². The van der Waals surface area contributed by atoms with Gasteiger partial charge in [0.1, 0.15) is 5.82 Å². The molecule has 336 valence electrons. The van der Waals surface area contributed by atoms with E-state index in [2.05, 4.69) is 219 Å². The number of hydrogen-bond acceptors (Lipinski definition) is 2. The van der Waals surface area contributed by atoms with Crippen LogP contribution < -0.4 is 0 Å². The van der Waals surface area contributed by atoms with Gasteiger partial charge in [-0.15, -0.1) is 0 Å². The molecule has 0 aliphatic rings. The highest BCUT2D eigenvalue weighted by atomic mass is 19.1. The summed E-state index contributed by atoms with van der Waals surface area (Å²) in [6.07, 6.45) is 0. The lowest BCUT2D eigenvalue weighted by Crippen LogP contribution is -2.06. The van der Waals surface area contributed by atoms with Crippen molar-refractivity contribution in [3.8, 4) is 79.1 Å². The molecule has 0 saturated carbocycles. The van der Waals surface area contributed by atoms with Gasteiger partial charge in [0.25, 0.3) is 0 Å². The van der Waals surface area contributed by atoms with E-state index in [0.29, 0.717) is 28.1 Å². The van der Waals surface area contributed by atoms with Crippen LogP contribution in [0.2, 0.25) is 0 Å². The van der Waals surface area contributed by atoms with Crippen LogP contribution in [-0.2, 0) is 0 Å². The van der Waals surface area contributed by atoms with Crippen molar-refractivity contribution in [1.29, 1.82) is 10.5 Å². The zero-order chi connectivity index (χ0) is 48.5. The van der Waals surface area contributed by atoms with Crippen molar-refractivity contribution in [2.45, 2.75) is 27.7 Å². The summed E-state index contributed by atoms with van der Waals surface area (Å²) >= 11 is 0. The highest BCUT2D eigenvalue weighted by Crippen LogP contribution is 2.46. The van der Waals surface area contributed by atoms with Crippen LogP contribution in [0.5, 0.6) is 0 Å². The van der Waals surface area contributed by atoms with Gasteiger partial charge in [-0.05, 0) is 151 Å². The summed E-state index contributed by atoms with van der Waals surface area (Å²) in [6, 6.07) is 73.5. The molecule has 12 rings (SSSR count). The van der Waals surface area contributed by atoms with E-state index in [1.807, 2.05) is 12.1 Å². The second-order valence-corrected chi connectivity index (χ2v) is 18.9. The van der Waals surface area contributed by atoms with Crippen molar-refractivity contribution < 1.29 is 4.39 Å². The maximum atomic E-state index is 17.2. The molecule has 4 nitrogen and oxygen atoms in total. The number of nitriles is 2. The molecule has 12 aromatic rings. The zero-order valence-corrected chi connectivity index (χ0v) is 39.7. The van der Waals surface area contributed by atoms with Crippen LogP contribution >= 0.6 is 0 Å². The van der Waals surface area contributed by atoms with Crippen LogP contribution in [-0.4, -0.2) is 9.13 Å². The Kier molecular flexibility index (Phi) is 10.3. The Labute approximate surface area is 412 Å². The lowest BCUT2D eigenvalue weighted by molar-refractivity contribution is 0.630. The molecule has 0 radical (unpaired) electrons. The number of hydrogen-bond donors (Lipinski definition) is 0. The van der Waals surface area contributed by atoms with Crippen molar-refractivity contribution in [2.75, 3.05) is 0 Å². The summed E-state index contributed by atoms with van der Waals surface area (Å²) in [5.74, 6) is -0.538. The topological polar surface area (TPSA) is 57.4 Å². The van der Waals surface area contributed by atoms with Gasteiger partial charge in [0, 0.05) is 32.7 Å². The van der Waals surface area contributed by atoms with Crippen LogP contribution in [0.1, 0.15) is 33.4 Å². The molecule has 0 aliphatic heterocycles. The number of rotatable bonds is 7. The molecule has 0 amide bonds. The minimum absolute atomic E-state index is 0.219. The Morgan fingerprint density at radius 2 is 0.620 bits per heavy atom. The van der Waals surface area contributed by atoms with Crippen LogP contribution in [0, 0.1) is 56.2 Å². The minimum atomic E-state index is -0.538. The van der Waals surface area contributed by atoms with E-state index in [1.165, 1.54) is 28.3 Å². The molecule has 0 fully saturated rings. The lowest BCUT2D eigenvalue weighted by atomic mass is 9.96. The fourth-order valence-corrected chi connectivity index (χ4v) is 10.4. The molecule has 5 heteroatoms.